The van der Waals surface area contributed by atoms with Crippen LogP contribution in [-0.4, -0.2) is 22.4 Å². The molecule has 0 atom stereocenters. The number of furan rings is 1. The van der Waals surface area contributed by atoms with E-state index in [0.29, 0.717) is 24.6 Å². The molecule has 25 heavy (non-hydrogen) atoms. The molecule has 0 spiro atoms. The second kappa shape index (κ2) is 6.76. The molecule has 1 aliphatic heterocycles. The van der Waals surface area contributed by atoms with E-state index in [0.717, 1.165) is 24.3 Å². The molecular weight excluding hydrogens is 316 g/mol. The van der Waals surface area contributed by atoms with E-state index in [1.165, 1.54) is 11.9 Å². The number of nitrogens with one attached hydrogen (secondary N) is 1. The minimum absolute atomic E-state index is 0.101. The molecule has 0 saturated heterocycles. The zero-order valence-electron chi connectivity index (χ0n) is 13.7. The predicted molar refractivity (Wildman–Crippen MR) is 94.5 cm³/mol. The summed E-state index contributed by atoms with van der Waals surface area (Å²) in [7, 11) is 0. The highest BCUT2D eigenvalue weighted by molar-refractivity contribution is 6.05. The van der Waals surface area contributed by atoms with E-state index in [1.807, 2.05) is 30.3 Å². The Hall–Kier alpha value is -3.15. The minimum Gasteiger partial charge on any atom is -0.467 e. The van der Waals surface area contributed by atoms with Gasteiger partial charge in [-0.3, -0.25) is 4.79 Å². The van der Waals surface area contributed by atoms with Crippen LogP contribution in [0.3, 0.4) is 0 Å². The standard InChI is InChI=1S/C19H18N4O2/c24-19(23-9-3-6-14-5-1-2-8-17(14)23)16-11-18(22-13-21-16)20-12-15-7-4-10-25-15/h1-2,4-5,7-8,10-11,13H,3,6,9,12H2,(H,20,21,22). The number of amides is 1. The number of para-hydroxylation sites is 1. The maximum Gasteiger partial charge on any atom is 0.277 e. The quantitative estimate of drug-likeness (QED) is 0.793. The predicted octanol–water partition coefficient (Wildman–Crippen LogP) is 3.27. The van der Waals surface area contributed by atoms with Gasteiger partial charge in [-0.25, -0.2) is 9.97 Å². The lowest BCUT2D eigenvalue weighted by Gasteiger charge is -2.29. The number of hydrogen-bond acceptors (Lipinski definition) is 5. The number of rotatable bonds is 4. The van der Waals surface area contributed by atoms with Crippen molar-refractivity contribution in [3.05, 3.63) is 72.1 Å². The van der Waals surface area contributed by atoms with Crippen molar-refractivity contribution in [3.63, 3.8) is 0 Å². The van der Waals surface area contributed by atoms with Crippen LogP contribution in [0.25, 0.3) is 0 Å². The van der Waals surface area contributed by atoms with Crippen LogP contribution in [0.5, 0.6) is 0 Å². The summed E-state index contributed by atoms with van der Waals surface area (Å²) in [6.07, 6.45) is 4.99. The Labute approximate surface area is 145 Å². The van der Waals surface area contributed by atoms with E-state index in [4.69, 9.17) is 4.42 Å². The van der Waals surface area contributed by atoms with Crippen LogP contribution in [0.2, 0.25) is 0 Å². The molecule has 6 nitrogen and oxygen atoms in total. The average Bonchev–Trinajstić information content (AvgIpc) is 3.19. The highest BCUT2D eigenvalue weighted by Gasteiger charge is 2.24. The van der Waals surface area contributed by atoms with Gasteiger partial charge in [0, 0.05) is 18.3 Å². The molecule has 3 heterocycles. The van der Waals surface area contributed by atoms with Gasteiger partial charge in [0.15, 0.2) is 0 Å². The lowest BCUT2D eigenvalue weighted by molar-refractivity contribution is 0.0980. The van der Waals surface area contributed by atoms with Crippen molar-refractivity contribution >= 4 is 17.4 Å². The Morgan fingerprint density at radius 3 is 3.00 bits per heavy atom. The van der Waals surface area contributed by atoms with Crippen LogP contribution in [-0.2, 0) is 13.0 Å². The van der Waals surface area contributed by atoms with E-state index < -0.39 is 0 Å². The van der Waals surface area contributed by atoms with Crippen LogP contribution in [0.15, 0.2) is 59.5 Å². The Morgan fingerprint density at radius 1 is 1.20 bits per heavy atom. The first-order valence-corrected chi connectivity index (χ1v) is 8.29. The van der Waals surface area contributed by atoms with Crippen molar-refractivity contribution in [2.75, 3.05) is 16.8 Å². The van der Waals surface area contributed by atoms with Crippen molar-refractivity contribution in [1.82, 2.24) is 9.97 Å². The van der Waals surface area contributed by atoms with Gasteiger partial charge in [0.1, 0.15) is 23.6 Å². The summed E-state index contributed by atoms with van der Waals surface area (Å²) in [5.41, 5.74) is 2.56. The molecule has 1 aromatic carbocycles. The number of carbonyl (C=O) groups is 1. The number of aryl methyl sites for hydroxylation is 1. The molecular formula is C19H18N4O2. The summed E-state index contributed by atoms with van der Waals surface area (Å²) in [6, 6.07) is 13.4. The second-order valence-electron chi connectivity index (χ2n) is 5.91. The molecule has 126 valence electrons. The number of hydrogen-bond donors (Lipinski definition) is 1. The molecule has 2 aromatic heterocycles. The number of aromatic nitrogens is 2. The zero-order chi connectivity index (χ0) is 17.1. The average molecular weight is 334 g/mol. The van der Waals surface area contributed by atoms with Gasteiger partial charge in [-0.05, 0) is 36.6 Å². The first-order valence-electron chi connectivity index (χ1n) is 8.29. The summed E-state index contributed by atoms with van der Waals surface area (Å²) in [5.74, 6) is 1.30. The maximum atomic E-state index is 12.9. The highest BCUT2D eigenvalue weighted by atomic mass is 16.3. The molecule has 0 aliphatic carbocycles. The summed E-state index contributed by atoms with van der Waals surface area (Å²) in [5, 5.41) is 3.15. The van der Waals surface area contributed by atoms with E-state index >= 15 is 0 Å². The van der Waals surface area contributed by atoms with Gasteiger partial charge in [0.25, 0.3) is 5.91 Å². The van der Waals surface area contributed by atoms with Gasteiger partial charge in [0.05, 0.1) is 12.8 Å². The van der Waals surface area contributed by atoms with Crippen molar-refractivity contribution in [2.45, 2.75) is 19.4 Å². The lowest BCUT2D eigenvalue weighted by Crippen LogP contribution is -2.36. The van der Waals surface area contributed by atoms with Crippen LogP contribution in [0.4, 0.5) is 11.5 Å². The van der Waals surface area contributed by atoms with Gasteiger partial charge in [-0.1, -0.05) is 18.2 Å². The normalized spacial score (nSPS) is 13.4. The van der Waals surface area contributed by atoms with E-state index in [2.05, 4.69) is 21.4 Å². The lowest BCUT2D eigenvalue weighted by atomic mass is 10.0. The second-order valence-corrected chi connectivity index (χ2v) is 5.91. The fourth-order valence-corrected chi connectivity index (χ4v) is 3.04. The Kier molecular flexibility index (Phi) is 4.16. The molecule has 3 aromatic rings. The summed E-state index contributed by atoms with van der Waals surface area (Å²) in [6.45, 7) is 1.21. The van der Waals surface area contributed by atoms with Crippen molar-refractivity contribution in [3.8, 4) is 0 Å². The summed E-state index contributed by atoms with van der Waals surface area (Å²) < 4.78 is 5.29. The fourth-order valence-electron chi connectivity index (χ4n) is 3.04. The molecule has 0 unspecified atom stereocenters. The molecule has 4 rings (SSSR count). The number of anilines is 2. The molecule has 1 N–H and O–H groups in total. The maximum absolute atomic E-state index is 12.9. The first kappa shape index (κ1) is 15.4. The minimum atomic E-state index is -0.101. The largest absolute Gasteiger partial charge is 0.467 e. The third kappa shape index (κ3) is 3.24. The molecule has 0 radical (unpaired) electrons. The topological polar surface area (TPSA) is 71.3 Å². The smallest absolute Gasteiger partial charge is 0.277 e. The highest BCUT2D eigenvalue weighted by Crippen LogP contribution is 2.27. The SMILES string of the molecule is O=C(c1cc(NCc2ccco2)ncn1)N1CCCc2ccccc21. The number of carbonyl (C=O) groups excluding carboxylic acids is 1. The van der Waals surface area contributed by atoms with Gasteiger partial charge in [-0.15, -0.1) is 0 Å². The Balaban J connectivity index is 1.54. The van der Waals surface area contributed by atoms with Gasteiger partial charge >= 0.3 is 0 Å². The molecule has 0 fully saturated rings. The summed E-state index contributed by atoms with van der Waals surface area (Å²) in [4.78, 5) is 23.1. The molecule has 0 saturated carbocycles. The van der Waals surface area contributed by atoms with Crippen molar-refractivity contribution < 1.29 is 9.21 Å². The van der Waals surface area contributed by atoms with E-state index in [9.17, 15) is 4.79 Å². The van der Waals surface area contributed by atoms with E-state index in [1.54, 1.807) is 17.2 Å². The fraction of sp³-hybridized carbons (Fsp3) is 0.211. The van der Waals surface area contributed by atoms with Gasteiger partial charge in [0.2, 0.25) is 0 Å². The number of benzene rings is 1. The third-order valence-corrected chi connectivity index (χ3v) is 4.27. The van der Waals surface area contributed by atoms with Gasteiger partial charge in [-0.2, -0.15) is 0 Å². The molecule has 1 amide bonds. The molecule has 1 aliphatic rings. The van der Waals surface area contributed by atoms with Crippen LogP contribution < -0.4 is 10.2 Å². The zero-order valence-corrected chi connectivity index (χ0v) is 13.7. The van der Waals surface area contributed by atoms with Crippen LogP contribution in [0, 0.1) is 0 Å². The number of fused-ring (bicyclic) bond motifs is 1. The van der Waals surface area contributed by atoms with Crippen molar-refractivity contribution in [1.29, 1.82) is 0 Å². The first-order chi connectivity index (χ1) is 12.3. The van der Waals surface area contributed by atoms with Crippen LogP contribution >= 0.6 is 0 Å². The summed E-state index contributed by atoms with van der Waals surface area (Å²) >= 11 is 0. The molecule has 6 heteroatoms. The van der Waals surface area contributed by atoms with Crippen molar-refractivity contribution in [2.24, 2.45) is 0 Å². The van der Waals surface area contributed by atoms with Gasteiger partial charge < -0.3 is 14.6 Å². The third-order valence-electron chi connectivity index (χ3n) is 4.27. The number of nitrogens with zero attached hydrogens (tertiary/aromatic N) is 3. The van der Waals surface area contributed by atoms with E-state index in [-0.39, 0.29) is 5.91 Å². The van der Waals surface area contributed by atoms with Crippen LogP contribution in [0.1, 0.15) is 28.2 Å². The monoisotopic (exact) mass is 334 g/mol. The molecule has 0 bridgehead atoms. The Morgan fingerprint density at radius 2 is 2.12 bits per heavy atom. The Bertz CT molecular complexity index is 877.